The molecule has 0 fully saturated rings. The van der Waals surface area contributed by atoms with Crippen LogP contribution in [0, 0.1) is 11.7 Å². The average Bonchev–Trinajstić information content (AvgIpc) is 3.32. The molecule has 0 radical (unpaired) electrons. The normalized spacial score (nSPS) is 12.3. The van der Waals surface area contributed by atoms with Gasteiger partial charge in [-0.05, 0) is 61.3 Å². The molecule has 2 aromatic heterocycles. The van der Waals surface area contributed by atoms with Crippen LogP contribution in [0.5, 0.6) is 0 Å². The van der Waals surface area contributed by atoms with E-state index in [-0.39, 0.29) is 24.0 Å². The summed E-state index contributed by atoms with van der Waals surface area (Å²) in [6.45, 7) is 4.63. The smallest absolute Gasteiger partial charge is 0.297 e. The largest absolute Gasteiger partial charge is 0.448 e. The van der Waals surface area contributed by atoms with E-state index in [1.165, 1.54) is 10.6 Å². The molecule has 0 aliphatic carbocycles. The van der Waals surface area contributed by atoms with E-state index in [0.717, 1.165) is 4.47 Å². The molecule has 5 rings (SSSR count). The summed E-state index contributed by atoms with van der Waals surface area (Å²) in [5, 5.41) is 0.698. The first-order valence-electron chi connectivity index (χ1n) is 13.2. The number of furan rings is 1. The van der Waals surface area contributed by atoms with Crippen molar-refractivity contribution in [3.63, 3.8) is 0 Å². The second kappa shape index (κ2) is 11.7. The number of para-hydroxylation sites is 1. The van der Waals surface area contributed by atoms with Gasteiger partial charge < -0.3 is 15.1 Å². The van der Waals surface area contributed by atoms with Gasteiger partial charge in [0.1, 0.15) is 22.7 Å². The molecule has 9 heteroatoms. The quantitative estimate of drug-likeness (QED) is 0.214. The van der Waals surface area contributed by atoms with Gasteiger partial charge in [-0.2, -0.15) is 0 Å². The summed E-state index contributed by atoms with van der Waals surface area (Å²) in [5.41, 5.74) is 7.32. The summed E-state index contributed by atoms with van der Waals surface area (Å²) >= 11 is 3.43. The van der Waals surface area contributed by atoms with Crippen molar-refractivity contribution in [2.45, 2.75) is 32.9 Å². The second-order valence-corrected chi connectivity index (χ2v) is 11.0. The summed E-state index contributed by atoms with van der Waals surface area (Å²) in [5.74, 6) is -0.420. The maximum atomic E-state index is 14.8. The van der Waals surface area contributed by atoms with Gasteiger partial charge in [-0.15, -0.1) is 0 Å². The lowest BCUT2D eigenvalue weighted by molar-refractivity contribution is 0.0602. The zero-order valence-electron chi connectivity index (χ0n) is 22.3. The molecule has 7 nitrogen and oxygen atoms in total. The van der Waals surface area contributed by atoms with Gasteiger partial charge in [-0.3, -0.25) is 14.2 Å². The van der Waals surface area contributed by atoms with Crippen molar-refractivity contribution >= 4 is 43.9 Å². The fourth-order valence-electron chi connectivity index (χ4n) is 5.05. The first kappa shape index (κ1) is 27.7. The predicted molar refractivity (Wildman–Crippen MR) is 158 cm³/mol. The van der Waals surface area contributed by atoms with Crippen LogP contribution >= 0.6 is 15.9 Å². The highest BCUT2D eigenvalue weighted by Crippen LogP contribution is 2.33. The molecule has 2 N–H and O–H groups in total. The molecular formula is C31H30BrFN4O3. The number of nitrogens with zero attached hydrogens (tertiary/aromatic N) is 3. The summed E-state index contributed by atoms with van der Waals surface area (Å²) in [4.78, 5) is 34.8. The first-order chi connectivity index (χ1) is 19.3. The molecule has 0 saturated heterocycles. The van der Waals surface area contributed by atoms with Gasteiger partial charge in [0.25, 0.3) is 11.5 Å². The molecule has 0 saturated carbocycles. The zero-order chi connectivity index (χ0) is 28.4. The molecule has 0 aliphatic rings. The Kier molecular flexibility index (Phi) is 8.14. The van der Waals surface area contributed by atoms with Gasteiger partial charge in [0.15, 0.2) is 0 Å². The van der Waals surface area contributed by atoms with E-state index in [9.17, 15) is 14.0 Å². The van der Waals surface area contributed by atoms with E-state index in [2.05, 4.69) is 15.9 Å². The van der Waals surface area contributed by atoms with Crippen LogP contribution in [0.4, 0.5) is 4.39 Å². The van der Waals surface area contributed by atoms with E-state index in [4.69, 9.17) is 15.1 Å². The Hall–Kier alpha value is -3.82. The Balaban J connectivity index is 1.76. The zero-order valence-corrected chi connectivity index (χ0v) is 23.9. The number of hydrogen-bond acceptors (Lipinski definition) is 5. The van der Waals surface area contributed by atoms with Crippen molar-refractivity contribution < 1.29 is 13.6 Å². The minimum absolute atomic E-state index is 0.0682. The Labute approximate surface area is 239 Å². The molecule has 3 aromatic carbocycles. The van der Waals surface area contributed by atoms with Crippen LogP contribution in [-0.4, -0.2) is 33.4 Å². The lowest BCUT2D eigenvalue weighted by Crippen LogP contribution is -2.42. The van der Waals surface area contributed by atoms with Crippen LogP contribution in [0.25, 0.3) is 22.1 Å². The number of carbonyl (C=O) groups excluding carboxylic acids is 1. The third-order valence-electron chi connectivity index (χ3n) is 6.98. The van der Waals surface area contributed by atoms with Crippen molar-refractivity contribution in [2.24, 2.45) is 11.7 Å². The summed E-state index contributed by atoms with van der Waals surface area (Å²) in [7, 11) is 0. The number of rotatable bonds is 9. The molecule has 5 aromatic rings. The van der Waals surface area contributed by atoms with Gasteiger partial charge in [0.2, 0.25) is 5.58 Å². The highest BCUT2D eigenvalue weighted by Gasteiger charge is 2.33. The van der Waals surface area contributed by atoms with E-state index in [1.54, 1.807) is 41.3 Å². The molecule has 206 valence electrons. The fraction of sp³-hybridized carbons (Fsp3) is 0.258. The van der Waals surface area contributed by atoms with Crippen molar-refractivity contribution in [2.75, 3.05) is 13.1 Å². The minimum atomic E-state index is -0.611. The molecule has 0 spiro atoms. The predicted octanol–water partition coefficient (Wildman–Crippen LogP) is 6.28. The van der Waals surface area contributed by atoms with Gasteiger partial charge in [0.05, 0.1) is 12.6 Å². The maximum absolute atomic E-state index is 14.8. The van der Waals surface area contributed by atoms with Crippen molar-refractivity contribution in [1.29, 1.82) is 0 Å². The van der Waals surface area contributed by atoms with Gasteiger partial charge >= 0.3 is 0 Å². The Morgan fingerprint density at radius 2 is 1.77 bits per heavy atom. The number of halogens is 2. The van der Waals surface area contributed by atoms with Gasteiger partial charge in [-0.25, -0.2) is 9.37 Å². The van der Waals surface area contributed by atoms with Crippen molar-refractivity contribution in [3.05, 3.63) is 110 Å². The lowest BCUT2D eigenvalue weighted by atomic mass is 9.99. The molecule has 40 heavy (non-hydrogen) atoms. The SMILES string of the molecule is CC(C)C(c1nc2c(oc3ccccc32)c(=O)n1Cc1ccccc1F)N(CCCN)C(=O)c1ccc(Br)cc1. The third kappa shape index (κ3) is 5.31. The van der Waals surface area contributed by atoms with Crippen LogP contribution < -0.4 is 11.3 Å². The first-order valence-corrected chi connectivity index (χ1v) is 14.0. The monoisotopic (exact) mass is 604 g/mol. The number of fused-ring (bicyclic) bond motifs is 3. The molecule has 0 bridgehead atoms. The number of amides is 1. The number of hydrogen-bond donors (Lipinski definition) is 1. The summed E-state index contributed by atoms with van der Waals surface area (Å²) in [6.07, 6.45) is 0.555. The van der Waals surface area contributed by atoms with Gasteiger partial charge in [-0.1, -0.05) is 60.1 Å². The standard InChI is InChI=1S/C31H30BrFN4O3/c1-19(2)27(36(17-7-16-34)30(38)20-12-14-22(32)15-13-20)29-35-26-23-9-4-6-11-25(23)40-28(26)31(39)37(29)18-21-8-3-5-10-24(21)33/h3-6,8-15,19,27H,7,16-18,34H2,1-2H3. The average molecular weight is 606 g/mol. The lowest BCUT2D eigenvalue weighted by Gasteiger charge is -2.35. The molecule has 0 aliphatic heterocycles. The summed E-state index contributed by atoms with van der Waals surface area (Å²) < 4.78 is 23.1. The van der Waals surface area contributed by atoms with E-state index >= 15 is 0 Å². The number of benzene rings is 3. The number of carbonyl (C=O) groups is 1. The highest BCUT2D eigenvalue weighted by atomic mass is 79.9. The molecule has 1 atom stereocenters. The Morgan fingerprint density at radius 1 is 1.07 bits per heavy atom. The summed E-state index contributed by atoms with van der Waals surface area (Å²) in [6, 6.07) is 20.2. The third-order valence-corrected chi connectivity index (χ3v) is 7.51. The van der Waals surface area contributed by atoms with Crippen LogP contribution in [0.1, 0.15) is 48.1 Å². The number of aromatic nitrogens is 2. The molecule has 1 unspecified atom stereocenters. The fourth-order valence-corrected chi connectivity index (χ4v) is 5.31. The Bertz CT molecular complexity index is 1730. The van der Waals surface area contributed by atoms with E-state index in [0.29, 0.717) is 52.9 Å². The molecule has 2 heterocycles. The van der Waals surface area contributed by atoms with E-state index in [1.807, 2.05) is 44.2 Å². The molecule has 1 amide bonds. The van der Waals surface area contributed by atoms with Crippen LogP contribution in [0.2, 0.25) is 0 Å². The van der Waals surface area contributed by atoms with Crippen molar-refractivity contribution in [3.8, 4) is 0 Å². The highest BCUT2D eigenvalue weighted by molar-refractivity contribution is 9.10. The van der Waals surface area contributed by atoms with Crippen LogP contribution in [-0.2, 0) is 6.54 Å². The van der Waals surface area contributed by atoms with E-state index < -0.39 is 17.4 Å². The van der Waals surface area contributed by atoms with Crippen molar-refractivity contribution in [1.82, 2.24) is 14.5 Å². The maximum Gasteiger partial charge on any atom is 0.297 e. The van der Waals surface area contributed by atoms with Crippen LogP contribution in [0.15, 0.2) is 86.5 Å². The van der Waals surface area contributed by atoms with Crippen LogP contribution in [0.3, 0.4) is 0 Å². The number of nitrogens with two attached hydrogens (primary N) is 1. The minimum Gasteiger partial charge on any atom is -0.448 e. The van der Waals surface area contributed by atoms with Gasteiger partial charge in [0, 0.05) is 27.5 Å². The Morgan fingerprint density at radius 3 is 2.48 bits per heavy atom. The second-order valence-electron chi connectivity index (χ2n) is 10.1. The topological polar surface area (TPSA) is 94.4 Å². The molecular weight excluding hydrogens is 575 g/mol.